The van der Waals surface area contributed by atoms with E-state index in [4.69, 9.17) is 4.74 Å². The zero-order valence-electron chi connectivity index (χ0n) is 22.2. The number of anilines is 2. The smallest absolute Gasteiger partial charge is 0.309 e. The van der Waals surface area contributed by atoms with Crippen LogP contribution >= 0.6 is 11.8 Å². The standard InChI is InChI=1S/C27H31F5N2O4S2/c1-16(25(35)36)15-38-22-11-24-21(10-23(22)39-20-12-27(31,32)13-20)34(18-6-4-17(28)5-7-18)14-19(33(3)40(24)37)8-9-26(2,29)30/h4-7,10-11,16,19-20H,8-9,12-15H2,1-3H3,(H,35,36). The second-order valence-electron chi connectivity index (χ2n) is 10.5. The van der Waals surface area contributed by atoms with E-state index in [0.29, 0.717) is 16.3 Å². The van der Waals surface area contributed by atoms with Gasteiger partial charge in [-0.3, -0.25) is 4.79 Å². The minimum absolute atomic E-state index is 0.0235. The summed E-state index contributed by atoms with van der Waals surface area (Å²) in [6.07, 6.45) is -1.08. The van der Waals surface area contributed by atoms with Gasteiger partial charge in [0.2, 0.25) is 11.8 Å². The molecule has 1 aliphatic carbocycles. The van der Waals surface area contributed by atoms with Gasteiger partial charge in [0.05, 0.1) is 21.4 Å². The average molecular weight is 607 g/mol. The molecule has 0 spiro atoms. The average Bonchev–Trinajstić information content (AvgIpc) is 2.95. The Morgan fingerprint density at radius 1 is 1.25 bits per heavy atom. The fraction of sp³-hybridized carbons (Fsp3) is 0.519. The Hall–Kier alpha value is -2.38. The fourth-order valence-electron chi connectivity index (χ4n) is 4.51. The molecule has 0 amide bonds. The Balaban J connectivity index is 1.79. The summed E-state index contributed by atoms with van der Waals surface area (Å²) >= 11 is 1.16. The molecule has 220 valence electrons. The SMILES string of the molecule is CC(COc1cc2c(cc1SC1CC(F)(F)C1)N(c1ccc(F)cc1)CC(CCC(C)(F)F)N(C)S2=O)C(=O)O. The van der Waals surface area contributed by atoms with Crippen molar-refractivity contribution in [1.82, 2.24) is 4.31 Å². The zero-order chi connectivity index (χ0) is 29.4. The van der Waals surface area contributed by atoms with E-state index >= 15 is 0 Å². The summed E-state index contributed by atoms with van der Waals surface area (Å²) in [6.45, 7) is 2.23. The van der Waals surface area contributed by atoms with Gasteiger partial charge in [-0.25, -0.2) is 30.5 Å². The number of hydrogen-bond donors (Lipinski definition) is 1. The number of benzene rings is 2. The lowest BCUT2D eigenvalue weighted by molar-refractivity contribution is -0.142. The van der Waals surface area contributed by atoms with E-state index in [1.807, 2.05) is 0 Å². The number of rotatable bonds is 10. The number of thioether (sulfide) groups is 1. The molecule has 0 radical (unpaired) electrons. The van der Waals surface area contributed by atoms with Gasteiger partial charge in [0.1, 0.15) is 29.2 Å². The molecule has 1 aliphatic heterocycles. The third kappa shape index (κ3) is 7.27. The van der Waals surface area contributed by atoms with Gasteiger partial charge in [-0.15, -0.1) is 11.8 Å². The van der Waals surface area contributed by atoms with Crippen molar-refractivity contribution in [1.29, 1.82) is 0 Å². The lowest BCUT2D eigenvalue weighted by Crippen LogP contribution is -2.39. The van der Waals surface area contributed by atoms with E-state index in [1.165, 1.54) is 41.6 Å². The maximum Gasteiger partial charge on any atom is 0.309 e. The lowest BCUT2D eigenvalue weighted by atomic mass is 9.94. The van der Waals surface area contributed by atoms with E-state index in [2.05, 4.69) is 0 Å². The second kappa shape index (κ2) is 11.8. The number of carboxylic acids is 1. The van der Waals surface area contributed by atoms with Gasteiger partial charge < -0.3 is 14.7 Å². The molecular weight excluding hydrogens is 575 g/mol. The Morgan fingerprint density at radius 2 is 1.90 bits per heavy atom. The van der Waals surface area contributed by atoms with Crippen LogP contribution in [0.4, 0.5) is 33.3 Å². The van der Waals surface area contributed by atoms with E-state index in [9.17, 15) is 36.1 Å². The highest BCUT2D eigenvalue weighted by Gasteiger charge is 2.46. The number of nitrogens with zero attached hydrogens (tertiary/aromatic N) is 2. The molecule has 2 aliphatic rings. The summed E-state index contributed by atoms with van der Waals surface area (Å²) in [7, 11) is -0.274. The molecule has 1 fully saturated rings. The Labute approximate surface area is 236 Å². The highest BCUT2D eigenvalue weighted by molar-refractivity contribution is 8.00. The number of alkyl halides is 4. The van der Waals surface area contributed by atoms with Gasteiger partial charge in [-0.1, -0.05) is 0 Å². The fourth-order valence-corrected chi connectivity index (χ4v) is 7.25. The zero-order valence-corrected chi connectivity index (χ0v) is 23.8. The van der Waals surface area contributed by atoms with E-state index in [0.717, 1.165) is 18.7 Å². The van der Waals surface area contributed by atoms with Gasteiger partial charge in [-0.2, -0.15) is 0 Å². The number of likely N-dealkylation sites (N-methyl/N-ethyl adjacent to an activating group) is 1. The van der Waals surface area contributed by atoms with Crippen molar-refractivity contribution >= 4 is 40.1 Å². The first-order valence-electron chi connectivity index (χ1n) is 12.8. The third-order valence-corrected chi connectivity index (χ3v) is 9.75. The number of ether oxygens (including phenoxy) is 1. The van der Waals surface area contributed by atoms with Crippen molar-refractivity contribution in [3.05, 3.63) is 42.2 Å². The highest BCUT2D eigenvalue weighted by atomic mass is 32.2. The first kappa shape index (κ1) is 30.6. The normalized spacial score (nSPS) is 22.2. The molecule has 3 atom stereocenters. The maximum atomic E-state index is 13.8. The summed E-state index contributed by atoms with van der Waals surface area (Å²) in [5, 5.41) is 8.88. The number of carbonyl (C=O) groups is 1. The van der Waals surface area contributed by atoms with Crippen molar-refractivity contribution in [2.45, 2.75) is 72.5 Å². The van der Waals surface area contributed by atoms with Crippen molar-refractivity contribution in [3.63, 3.8) is 0 Å². The van der Waals surface area contributed by atoms with Gasteiger partial charge in [-0.05, 0) is 50.6 Å². The Bertz CT molecular complexity index is 1250. The van der Waals surface area contributed by atoms with Gasteiger partial charge in [0, 0.05) is 55.9 Å². The molecule has 0 aromatic heterocycles. The topological polar surface area (TPSA) is 70.1 Å². The maximum absolute atomic E-state index is 13.8. The molecule has 1 N–H and O–H groups in total. The van der Waals surface area contributed by atoms with Crippen LogP contribution in [0, 0.1) is 11.7 Å². The largest absolute Gasteiger partial charge is 0.491 e. The predicted octanol–water partition coefficient (Wildman–Crippen LogP) is 6.73. The summed E-state index contributed by atoms with van der Waals surface area (Å²) in [5.41, 5.74) is 0.970. The van der Waals surface area contributed by atoms with Crippen molar-refractivity contribution < 1.29 is 40.8 Å². The second-order valence-corrected chi connectivity index (χ2v) is 13.3. The summed E-state index contributed by atoms with van der Waals surface area (Å²) in [5.74, 6) is -7.91. The quantitative estimate of drug-likeness (QED) is 0.303. The predicted molar refractivity (Wildman–Crippen MR) is 144 cm³/mol. The summed E-state index contributed by atoms with van der Waals surface area (Å²) in [4.78, 5) is 13.9. The molecule has 6 nitrogen and oxygen atoms in total. The lowest BCUT2D eigenvalue weighted by Gasteiger charge is -2.35. The van der Waals surface area contributed by atoms with E-state index in [1.54, 1.807) is 18.0 Å². The number of carboxylic acid groups (broad SMARTS) is 1. The van der Waals surface area contributed by atoms with Crippen LogP contribution in [0.3, 0.4) is 0 Å². The van der Waals surface area contributed by atoms with Crippen molar-refractivity contribution in [2.75, 3.05) is 25.1 Å². The monoisotopic (exact) mass is 606 g/mol. The van der Waals surface area contributed by atoms with E-state index in [-0.39, 0.29) is 43.1 Å². The van der Waals surface area contributed by atoms with Crippen LogP contribution in [0.1, 0.15) is 39.5 Å². The van der Waals surface area contributed by atoms with Gasteiger partial charge >= 0.3 is 5.97 Å². The first-order chi connectivity index (χ1) is 18.6. The summed E-state index contributed by atoms with van der Waals surface area (Å²) < 4.78 is 89.7. The van der Waals surface area contributed by atoms with Crippen LogP contribution in [0.25, 0.3) is 0 Å². The van der Waals surface area contributed by atoms with Crippen molar-refractivity contribution in [2.24, 2.45) is 5.92 Å². The third-order valence-electron chi connectivity index (χ3n) is 6.98. The first-order valence-corrected chi connectivity index (χ1v) is 14.8. The molecule has 2 aromatic rings. The minimum atomic E-state index is -2.93. The number of aliphatic carboxylic acids is 1. The Morgan fingerprint density at radius 3 is 2.48 bits per heavy atom. The molecule has 0 saturated heterocycles. The molecule has 4 rings (SSSR count). The van der Waals surface area contributed by atoms with Gasteiger partial charge in [0.15, 0.2) is 0 Å². The molecule has 2 aromatic carbocycles. The molecule has 0 bridgehead atoms. The van der Waals surface area contributed by atoms with Crippen LogP contribution in [-0.2, 0) is 15.8 Å². The molecule has 1 heterocycles. The van der Waals surface area contributed by atoms with Crippen LogP contribution in [0.5, 0.6) is 5.75 Å². The van der Waals surface area contributed by atoms with Crippen LogP contribution in [-0.4, -0.2) is 62.9 Å². The molecule has 40 heavy (non-hydrogen) atoms. The number of fused-ring (bicyclic) bond motifs is 1. The van der Waals surface area contributed by atoms with E-state index < -0.39 is 58.2 Å². The molecule has 1 saturated carbocycles. The number of hydrogen-bond acceptors (Lipinski definition) is 5. The molecule has 3 unspecified atom stereocenters. The molecular formula is C27H31F5N2O4S2. The highest BCUT2D eigenvalue weighted by Crippen LogP contribution is 2.50. The van der Waals surface area contributed by atoms with Crippen molar-refractivity contribution in [3.8, 4) is 5.75 Å². The van der Waals surface area contributed by atoms with Crippen LogP contribution in [0.15, 0.2) is 46.2 Å². The minimum Gasteiger partial charge on any atom is -0.491 e. The summed E-state index contributed by atoms with van der Waals surface area (Å²) in [6, 6.07) is 8.14. The van der Waals surface area contributed by atoms with Gasteiger partial charge in [0.25, 0.3) is 0 Å². The van der Waals surface area contributed by atoms with Crippen LogP contribution in [0.2, 0.25) is 0 Å². The number of halogens is 5. The Kier molecular flexibility index (Phi) is 9.06. The van der Waals surface area contributed by atoms with Crippen LogP contribution < -0.4 is 9.64 Å². The molecule has 13 heteroatoms.